The van der Waals surface area contributed by atoms with E-state index in [4.69, 9.17) is 5.11 Å². The summed E-state index contributed by atoms with van der Waals surface area (Å²) in [5.41, 5.74) is 1.48. The fourth-order valence-electron chi connectivity index (χ4n) is 0.946. The van der Waals surface area contributed by atoms with Crippen molar-refractivity contribution < 1.29 is 39.5 Å². The minimum absolute atomic E-state index is 0. The van der Waals surface area contributed by atoms with Gasteiger partial charge in [0.2, 0.25) is 0 Å². The van der Waals surface area contributed by atoms with Gasteiger partial charge >= 0.3 is 35.5 Å². The second-order valence-electron chi connectivity index (χ2n) is 2.69. The van der Waals surface area contributed by atoms with Gasteiger partial charge in [-0.25, -0.2) is 9.78 Å². The molecule has 1 fully saturated rings. The van der Waals surface area contributed by atoms with Crippen LogP contribution in [0.5, 0.6) is 0 Å². The van der Waals surface area contributed by atoms with Crippen LogP contribution >= 0.6 is 24.0 Å². The molecular formula is C8H11N2NaO2S2. The molecule has 0 unspecified atom stereocenters. The molecule has 0 saturated carbocycles. The Bertz CT molecular complexity index is 295. The number of hydrogen-bond acceptors (Lipinski definition) is 4. The third-order valence-corrected chi connectivity index (χ3v) is 2.79. The van der Waals surface area contributed by atoms with E-state index in [1.165, 1.54) is 29.7 Å². The minimum atomic E-state index is -1.03. The summed E-state index contributed by atoms with van der Waals surface area (Å²) in [5.74, 6) is -1.03. The Labute approximate surface area is 120 Å². The number of carboxylic acid groups (broad SMARTS) is 1. The number of aromatic carboxylic acids is 1. The molecule has 1 saturated heterocycles. The van der Waals surface area contributed by atoms with Gasteiger partial charge in [0.15, 0.2) is 5.69 Å². The predicted molar refractivity (Wildman–Crippen MR) is 58.7 cm³/mol. The quantitative estimate of drug-likeness (QED) is 0.514. The molecule has 2 rings (SSSR count). The summed E-state index contributed by atoms with van der Waals surface area (Å²) in [5, 5.41) is 12.4. The molecule has 4 nitrogen and oxygen atoms in total. The van der Waals surface area contributed by atoms with Crippen molar-refractivity contribution in [2.24, 2.45) is 0 Å². The summed E-state index contributed by atoms with van der Waals surface area (Å²) >= 11 is 5.07. The Morgan fingerprint density at radius 3 is 2.33 bits per heavy atom. The van der Waals surface area contributed by atoms with Crippen LogP contribution in [0.1, 0.15) is 23.3 Å². The zero-order chi connectivity index (χ0) is 10.4. The maximum atomic E-state index is 10.2. The van der Waals surface area contributed by atoms with Crippen molar-refractivity contribution in [3.05, 3.63) is 16.5 Å². The largest absolute Gasteiger partial charge is 1.00 e. The van der Waals surface area contributed by atoms with Gasteiger partial charge in [0.1, 0.15) is 0 Å². The number of hydrogen-bond donors (Lipinski definition) is 2. The van der Waals surface area contributed by atoms with Gasteiger partial charge in [-0.15, -0.1) is 37.1 Å². The molecule has 0 atom stereocenters. The van der Waals surface area contributed by atoms with Gasteiger partial charge in [0, 0.05) is 0 Å². The predicted octanol–water partition coefficient (Wildman–Crippen LogP) is -0.712. The van der Waals surface area contributed by atoms with E-state index in [1.807, 2.05) is 0 Å². The normalized spacial score (nSPS) is 13.7. The van der Waals surface area contributed by atoms with Crippen LogP contribution in [0.15, 0.2) is 9.72 Å². The molecule has 1 aromatic rings. The molecule has 0 amide bonds. The average Bonchev–Trinajstić information content (AvgIpc) is 2.74. The number of rotatable bonds is 1. The summed E-state index contributed by atoms with van der Waals surface area (Å²) in [6, 6.07) is 0. The van der Waals surface area contributed by atoms with E-state index in [-0.39, 0.29) is 35.3 Å². The maximum Gasteiger partial charge on any atom is 1.00 e. The van der Waals surface area contributed by atoms with Crippen LogP contribution in [0.25, 0.3) is 5.32 Å². The molecule has 0 aliphatic carbocycles. The average molecular weight is 254 g/mol. The Kier molecular flexibility index (Phi) is 8.78. The molecule has 15 heavy (non-hydrogen) atoms. The third-order valence-electron chi connectivity index (χ3n) is 1.63. The Balaban J connectivity index is 0.000000280. The first-order valence-electron chi connectivity index (χ1n) is 4.21. The van der Waals surface area contributed by atoms with Crippen LogP contribution < -0.4 is 29.6 Å². The van der Waals surface area contributed by atoms with Crippen molar-refractivity contribution in [2.45, 2.75) is 17.1 Å². The number of nitrogens with zero attached hydrogens (tertiary/aromatic N) is 2. The zero-order valence-electron chi connectivity index (χ0n) is 8.51. The summed E-state index contributed by atoms with van der Waals surface area (Å²) in [6.07, 6.45) is 2.67. The molecule has 78 valence electrons. The zero-order valence-corrected chi connectivity index (χ0v) is 12.2. The summed E-state index contributed by atoms with van der Waals surface area (Å²) < 4.78 is 0.447. The molecule has 0 radical (unpaired) electrons. The van der Waals surface area contributed by atoms with E-state index in [2.05, 4.69) is 22.9 Å². The summed E-state index contributed by atoms with van der Waals surface area (Å²) in [4.78, 5) is 13.7. The first-order valence-corrected chi connectivity index (χ1v) is 5.53. The molecule has 2 heterocycles. The SMILES string of the molecule is C1CC[N-]C1.O=C(O)c1ncsc1S.[Na+]. The molecule has 1 N–H and O–H groups in total. The van der Waals surface area contributed by atoms with Crippen molar-refractivity contribution in [3.63, 3.8) is 0 Å². The molecule has 1 aliphatic heterocycles. The van der Waals surface area contributed by atoms with Crippen LogP contribution in [0.3, 0.4) is 0 Å². The van der Waals surface area contributed by atoms with Crippen LogP contribution in [-0.2, 0) is 0 Å². The molecule has 1 aromatic heterocycles. The minimum Gasteiger partial charge on any atom is -0.662 e. The van der Waals surface area contributed by atoms with E-state index >= 15 is 0 Å². The van der Waals surface area contributed by atoms with Gasteiger partial charge in [0.05, 0.1) is 9.72 Å². The van der Waals surface area contributed by atoms with E-state index in [9.17, 15) is 4.79 Å². The maximum absolute atomic E-state index is 10.2. The first-order chi connectivity index (χ1) is 6.72. The standard InChI is InChI=1S/C4H3NO2S2.C4H8N.Na/c6-3(7)2-4(8)9-1-5-2;1-2-4-5-3-1;/h1,8H,(H,6,7);1-4H2;/q;-1;+1. The summed E-state index contributed by atoms with van der Waals surface area (Å²) in [7, 11) is 0. The van der Waals surface area contributed by atoms with Gasteiger partial charge in [0.25, 0.3) is 0 Å². The second kappa shape index (κ2) is 8.55. The molecule has 1 aliphatic rings. The van der Waals surface area contributed by atoms with Gasteiger partial charge < -0.3 is 10.4 Å². The molecular weight excluding hydrogens is 243 g/mol. The molecule has 0 bridgehead atoms. The van der Waals surface area contributed by atoms with Crippen molar-refractivity contribution in [3.8, 4) is 0 Å². The molecule has 0 aromatic carbocycles. The fraction of sp³-hybridized carbons (Fsp3) is 0.500. The van der Waals surface area contributed by atoms with E-state index in [1.54, 1.807) is 0 Å². The third kappa shape index (κ3) is 5.89. The monoisotopic (exact) mass is 254 g/mol. The number of carbonyl (C=O) groups is 1. The first kappa shape index (κ1) is 15.4. The Morgan fingerprint density at radius 1 is 1.53 bits per heavy atom. The van der Waals surface area contributed by atoms with Gasteiger partial charge in [-0.2, -0.15) is 0 Å². The van der Waals surface area contributed by atoms with Crippen LogP contribution in [0.2, 0.25) is 0 Å². The van der Waals surface area contributed by atoms with Crippen molar-refractivity contribution in [2.75, 3.05) is 13.1 Å². The van der Waals surface area contributed by atoms with E-state index in [0.717, 1.165) is 13.1 Å². The number of thiazole rings is 1. The van der Waals surface area contributed by atoms with E-state index in [0.29, 0.717) is 4.21 Å². The van der Waals surface area contributed by atoms with Crippen molar-refractivity contribution in [1.82, 2.24) is 4.98 Å². The number of aromatic nitrogens is 1. The van der Waals surface area contributed by atoms with Crippen molar-refractivity contribution >= 4 is 29.9 Å². The van der Waals surface area contributed by atoms with Crippen LogP contribution in [0, 0.1) is 0 Å². The fourth-order valence-corrected chi connectivity index (χ4v) is 1.75. The Hall–Kier alpha value is 0.410. The second-order valence-corrected chi connectivity index (χ2v) is 4.29. The van der Waals surface area contributed by atoms with Gasteiger partial charge in [-0.05, 0) is 0 Å². The van der Waals surface area contributed by atoms with Gasteiger partial charge in [-0.3, -0.25) is 0 Å². The van der Waals surface area contributed by atoms with Crippen LogP contribution in [0.4, 0.5) is 0 Å². The smallest absolute Gasteiger partial charge is 0.662 e. The molecule has 0 spiro atoms. The summed E-state index contributed by atoms with van der Waals surface area (Å²) in [6.45, 7) is 2.25. The number of carboxylic acids is 1. The van der Waals surface area contributed by atoms with E-state index < -0.39 is 5.97 Å². The molecule has 7 heteroatoms. The topological polar surface area (TPSA) is 64.3 Å². The van der Waals surface area contributed by atoms with Crippen LogP contribution in [-0.4, -0.2) is 29.1 Å². The Morgan fingerprint density at radius 2 is 2.13 bits per heavy atom. The van der Waals surface area contributed by atoms with Crippen molar-refractivity contribution in [1.29, 1.82) is 0 Å². The number of thiol groups is 1. The van der Waals surface area contributed by atoms with Gasteiger partial charge in [-0.1, -0.05) is 12.8 Å².